The van der Waals surface area contributed by atoms with Gasteiger partial charge in [-0.15, -0.1) is 0 Å². The van der Waals surface area contributed by atoms with Gasteiger partial charge in [-0.3, -0.25) is 24.5 Å². The van der Waals surface area contributed by atoms with Crippen LogP contribution in [0.15, 0.2) is 113 Å². The topological polar surface area (TPSA) is 129 Å². The predicted molar refractivity (Wildman–Crippen MR) is 168 cm³/mol. The molecule has 1 aromatic heterocycles. The summed E-state index contributed by atoms with van der Waals surface area (Å²) in [4.78, 5) is 52.1. The predicted octanol–water partition coefficient (Wildman–Crippen LogP) is 3.34. The number of aromatic amines is 1. The molecule has 3 atom stereocenters. The van der Waals surface area contributed by atoms with Crippen LogP contribution in [0.5, 0.6) is 0 Å². The normalized spacial score (nSPS) is 18.5. The van der Waals surface area contributed by atoms with Gasteiger partial charge in [0.2, 0.25) is 0 Å². The van der Waals surface area contributed by atoms with E-state index in [1.807, 2.05) is 36.4 Å². The maximum atomic E-state index is 12.9. The van der Waals surface area contributed by atoms with Crippen LogP contribution in [0.3, 0.4) is 0 Å². The summed E-state index contributed by atoms with van der Waals surface area (Å²) in [5.74, 6) is -0.608. The van der Waals surface area contributed by atoms with Gasteiger partial charge in [0, 0.05) is 24.2 Å². The Morgan fingerprint density at radius 3 is 2.02 bits per heavy atom. The number of benzene rings is 3. The van der Waals surface area contributed by atoms with Gasteiger partial charge in [0.15, 0.2) is 0 Å². The number of alkyl carbamates (subject to hydrolysis) is 1. The third-order valence-corrected chi connectivity index (χ3v) is 12.7. The van der Waals surface area contributed by atoms with E-state index < -0.39 is 50.0 Å². The Morgan fingerprint density at radius 1 is 0.909 bits per heavy atom. The Morgan fingerprint density at radius 2 is 1.48 bits per heavy atom. The van der Waals surface area contributed by atoms with Crippen LogP contribution in [0, 0.1) is 0 Å². The lowest BCUT2D eigenvalue weighted by Gasteiger charge is -2.43. The van der Waals surface area contributed by atoms with Crippen molar-refractivity contribution in [1.82, 2.24) is 14.9 Å². The van der Waals surface area contributed by atoms with Crippen molar-refractivity contribution in [2.24, 2.45) is 0 Å². The standard InChI is InChI=1S/C33H35N3O7Si/c1-33(2,3)44(24-15-9-5-10-16-24,25-17-11-6-12-18-25)41-22-27-26(21-29(42-27)36-20-19-28(37)34-31(36)39)43-32(40)35-30(38)23-13-7-4-8-14-23/h4-20,26-27,29H,21-22H2,1-3H3,(H,34,37,39)(H,35,38,40)/t26-,27-,29-/m1/s1. The highest BCUT2D eigenvalue weighted by Crippen LogP contribution is 2.38. The molecule has 0 aliphatic carbocycles. The minimum Gasteiger partial charge on any atom is -0.443 e. The lowest BCUT2D eigenvalue weighted by atomic mass is 10.2. The van der Waals surface area contributed by atoms with Crippen molar-refractivity contribution >= 4 is 30.7 Å². The molecular formula is C33H35N3O7Si. The molecule has 2 amide bonds. The number of imide groups is 1. The molecule has 228 valence electrons. The number of ether oxygens (including phenoxy) is 2. The van der Waals surface area contributed by atoms with E-state index in [1.165, 1.54) is 16.8 Å². The van der Waals surface area contributed by atoms with E-state index >= 15 is 0 Å². The van der Waals surface area contributed by atoms with Gasteiger partial charge in [-0.2, -0.15) is 0 Å². The average molecular weight is 614 g/mol. The van der Waals surface area contributed by atoms with Gasteiger partial charge in [0.1, 0.15) is 18.4 Å². The first-order chi connectivity index (χ1) is 21.1. The zero-order chi connectivity index (χ0) is 31.3. The fourth-order valence-electron chi connectivity index (χ4n) is 5.69. The summed E-state index contributed by atoms with van der Waals surface area (Å²) in [6, 6.07) is 29.7. The lowest BCUT2D eigenvalue weighted by molar-refractivity contribution is -0.0450. The SMILES string of the molecule is CC(C)(C)[Si](OC[C@H]1O[C@@H](n2ccc(=O)[nH]c2=O)C[C@H]1OC(=O)NC(=O)c1ccccc1)(c1ccccc1)c1ccccc1. The van der Waals surface area contributed by atoms with Gasteiger partial charge in [-0.25, -0.2) is 9.59 Å². The third-order valence-electron chi connectivity index (χ3n) is 7.73. The Bertz CT molecular complexity index is 1660. The van der Waals surface area contributed by atoms with Crippen LogP contribution >= 0.6 is 0 Å². The van der Waals surface area contributed by atoms with Crippen LogP contribution in [0.2, 0.25) is 5.04 Å². The first-order valence-electron chi connectivity index (χ1n) is 14.4. The zero-order valence-electron chi connectivity index (χ0n) is 24.8. The van der Waals surface area contributed by atoms with Crippen LogP contribution in [0.25, 0.3) is 0 Å². The number of H-pyrrole nitrogens is 1. The summed E-state index contributed by atoms with van der Waals surface area (Å²) < 4.78 is 20.3. The first kappa shape index (κ1) is 30.9. The Kier molecular flexibility index (Phi) is 9.09. The maximum Gasteiger partial charge on any atom is 0.414 e. The van der Waals surface area contributed by atoms with E-state index in [9.17, 15) is 19.2 Å². The smallest absolute Gasteiger partial charge is 0.414 e. The van der Waals surface area contributed by atoms with Crippen LogP contribution < -0.4 is 26.9 Å². The summed E-state index contributed by atoms with van der Waals surface area (Å²) in [6.07, 6.45) is -2.04. The first-order valence-corrected chi connectivity index (χ1v) is 16.3. The van der Waals surface area contributed by atoms with E-state index in [2.05, 4.69) is 55.3 Å². The van der Waals surface area contributed by atoms with E-state index in [0.29, 0.717) is 5.56 Å². The molecular weight excluding hydrogens is 578 g/mol. The molecule has 44 heavy (non-hydrogen) atoms. The number of carbonyl (C=O) groups excluding carboxylic acids is 2. The van der Waals surface area contributed by atoms with Crippen LogP contribution in [-0.2, 0) is 13.9 Å². The molecule has 0 spiro atoms. The molecule has 1 aliphatic rings. The third kappa shape index (κ3) is 6.49. The molecule has 11 heteroatoms. The van der Waals surface area contributed by atoms with Gasteiger partial charge in [0.05, 0.1) is 6.61 Å². The van der Waals surface area contributed by atoms with E-state index in [1.54, 1.807) is 30.3 Å². The second-order valence-corrected chi connectivity index (χ2v) is 15.9. The van der Waals surface area contributed by atoms with E-state index in [4.69, 9.17) is 13.9 Å². The Labute approximate surface area is 255 Å². The van der Waals surface area contributed by atoms with Gasteiger partial charge >= 0.3 is 11.8 Å². The number of rotatable bonds is 8. The molecule has 1 aliphatic heterocycles. The minimum absolute atomic E-state index is 0.0342. The van der Waals surface area contributed by atoms with Gasteiger partial charge in [-0.05, 0) is 27.5 Å². The molecule has 4 aromatic rings. The minimum atomic E-state index is -2.98. The maximum absolute atomic E-state index is 12.9. The highest BCUT2D eigenvalue weighted by atomic mass is 28.4. The summed E-state index contributed by atoms with van der Waals surface area (Å²) in [5.41, 5.74) is -0.891. The summed E-state index contributed by atoms with van der Waals surface area (Å²) in [5, 5.41) is 4.07. The zero-order valence-corrected chi connectivity index (χ0v) is 25.8. The van der Waals surface area contributed by atoms with Crippen molar-refractivity contribution in [3.8, 4) is 0 Å². The molecule has 1 fully saturated rings. The highest BCUT2D eigenvalue weighted by Gasteiger charge is 2.51. The largest absolute Gasteiger partial charge is 0.443 e. The number of carbonyl (C=O) groups is 2. The van der Waals surface area contributed by atoms with Crippen molar-refractivity contribution in [3.05, 3.63) is 130 Å². The van der Waals surface area contributed by atoms with Gasteiger partial charge in [-0.1, -0.05) is 99.6 Å². The van der Waals surface area contributed by atoms with Gasteiger partial charge in [0.25, 0.3) is 19.8 Å². The number of amides is 2. The highest BCUT2D eigenvalue weighted by molar-refractivity contribution is 6.99. The average Bonchev–Trinajstić information content (AvgIpc) is 3.40. The van der Waals surface area contributed by atoms with Crippen LogP contribution in [0.1, 0.15) is 43.8 Å². The van der Waals surface area contributed by atoms with Crippen LogP contribution in [-0.4, -0.2) is 48.7 Å². The molecule has 0 saturated carbocycles. The Balaban J connectivity index is 1.45. The lowest BCUT2D eigenvalue weighted by Crippen LogP contribution is -2.67. The van der Waals surface area contributed by atoms with Gasteiger partial charge < -0.3 is 13.9 Å². The fraction of sp³-hybridized carbons (Fsp3) is 0.273. The van der Waals surface area contributed by atoms with Crippen molar-refractivity contribution in [3.63, 3.8) is 0 Å². The van der Waals surface area contributed by atoms with Crippen molar-refractivity contribution in [1.29, 1.82) is 0 Å². The van der Waals surface area contributed by atoms with E-state index in [0.717, 1.165) is 10.4 Å². The van der Waals surface area contributed by atoms with E-state index in [-0.39, 0.29) is 18.1 Å². The van der Waals surface area contributed by atoms with Crippen LogP contribution in [0.4, 0.5) is 4.79 Å². The van der Waals surface area contributed by atoms with Crippen molar-refractivity contribution in [2.45, 2.75) is 50.7 Å². The number of nitrogens with zero attached hydrogens (tertiary/aromatic N) is 1. The second-order valence-electron chi connectivity index (χ2n) is 11.6. The summed E-state index contributed by atoms with van der Waals surface area (Å²) >= 11 is 0. The molecule has 0 unspecified atom stereocenters. The number of hydrogen-bond acceptors (Lipinski definition) is 7. The second kappa shape index (κ2) is 13.0. The molecule has 2 heterocycles. The molecule has 10 nitrogen and oxygen atoms in total. The number of aromatic nitrogens is 2. The quantitative estimate of drug-likeness (QED) is 0.292. The molecule has 1 saturated heterocycles. The molecule has 0 bridgehead atoms. The molecule has 5 rings (SSSR count). The monoisotopic (exact) mass is 613 g/mol. The Hall–Kier alpha value is -4.58. The summed E-state index contributed by atoms with van der Waals surface area (Å²) in [7, 11) is -2.98. The van der Waals surface area contributed by atoms with Crippen molar-refractivity contribution in [2.75, 3.05) is 6.61 Å². The number of nitrogens with one attached hydrogen (secondary N) is 2. The number of hydrogen-bond donors (Lipinski definition) is 2. The molecule has 0 radical (unpaired) electrons. The fourth-order valence-corrected chi connectivity index (χ4v) is 10.3. The molecule has 2 N–H and O–H groups in total. The molecule has 3 aromatic carbocycles. The van der Waals surface area contributed by atoms with Crippen molar-refractivity contribution < 1.29 is 23.5 Å². The summed E-state index contributed by atoms with van der Waals surface area (Å²) in [6.45, 7) is 6.47.